The van der Waals surface area contributed by atoms with Crippen LogP contribution in [0.15, 0.2) is 80.5 Å². The fraction of sp³-hybridized carbons (Fsp3) is 0.388. The van der Waals surface area contributed by atoms with Gasteiger partial charge in [-0.3, -0.25) is 29.2 Å². The lowest BCUT2D eigenvalue weighted by Crippen LogP contribution is -2.47. The first-order valence-corrected chi connectivity index (χ1v) is 29.6. The van der Waals surface area contributed by atoms with Gasteiger partial charge in [0.2, 0.25) is 39.7 Å². The number of thioether (sulfide) groups is 1. The SMILES string of the molecule is CC1COc2ccccc2N1C(=O)C(Cl)Cl.CCNc1nc(Cl)nc(NC(C)C)n1.COC(=O)CSc1cc(/N=c2\sc(=O)n3n2CCCC3)c(F)cc1Cl.COc1cc(OC)nc(NC(=O)NS(=O)(=O)c2ncccc2C(=O)N(C)C)n1. The molecule has 0 radical (unpaired) electrons. The van der Waals surface area contributed by atoms with E-state index in [1.54, 1.807) is 19.0 Å². The van der Waals surface area contributed by atoms with E-state index >= 15 is 0 Å². The van der Waals surface area contributed by atoms with Gasteiger partial charge < -0.3 is 39.4 Å². The highest BCUT2D eigenvalue weighted by molar-refractivity contribution is 8.00. The Kier molecular flexibility index (Phi) is 25.3. The van der Waals surface area contributed by atoms with E-state index in [0.29, 0.717) is 47.0 Å². The molecule has 6 heterocycles. The number of amides is 4. The molecular formula is C49H58Cl4FN15O11S3. The van der Waals surface area contributed by atoms with Gasteiger partial charge >= 0.3 is 16.9 Å². The van der Waals surface area contributed by atoms with Crippen LogP contribution in [0.1, 0.15) is 50.9 Å². The molecule has 0 aliphatic carbocycles. The Morgan fingerprint density at radius 2 is 1.59 bits per heavy atom. The highest BCUT2D eigenvalue weighted by Crippen LogP contribution is 2.35. The van der Waals surface area contributed by atoms with Gasteiger partial charge in [0.25, 0.3) is 21.8 Å². The number of halogens is 5. The van der Waals surface area contributed by atoms with Crippen molar-refractivity contribution in [2.75, 3.05) is 75.2 Å². The Bertz CT molecular complexity index is 3480. The van der Waals surface area contributed by atoms with E-state index in [1.165, 1.54) is 70.8 Å². The summed E-state index contributed by atoms with van der Waals surface area (Å²) in [6.07, 6.45) is 3.08. The molecule has 1 unspecified atom stereocenters. The number of methoxy groups -OCH3 is 3. The minimum Gasteiger partial charge on any atom is -0.489 e. The van der Waals surface area contributed by atoms with Crippen LogP contribution < -0.4 is 49.5 Å². The van der Waals surface area contributed by atoms with Crippen molar-refractivity contribution in [3.63, 3.8) is 0 Å². The Morgan fingerprint density at radius 1 is 0.928 bits per heavy atom. The van der Waals surface area contributed by atoms with E-state index in [1.807, 2.05) is 52.0 Å². The monoisotopic (exact) mass is 1290 g/mol. The highest BCUT2D eigenvalue weighted by atomic mass is 35.5. The van der Waals surface area contributed by atoms with Crippen LogP contribution in [0.2, 0.25) is 10.3 Å². The predicted molar refractivity (Wildman–Crippen MR) is 314 cm³/mol. The number of hydrogen-bond acceptors (Lipinski definition) is 22. The molecule has 4 amide bonds. The number of aromatic nitrogens is 8. The van der Waals surface area contributed by atoms with Crippen molar-refractivity contribution in [1.29, 1.82) is 0 Å². The van der Waals surface area contributed by atoms with Crippen molar-refractivity contribution < 1.29 is 50.9 Å². The Balaban J connectivity index is 0.000000210. The topological polar surface area (TPSA) is 311 Å². The molecule has 8 rings (SSSR count). The smallest absolute Gasteiger partial charge is 0.335 e. The number of anilines is 4. The number of pyridine rings is 1. The van der Waals surface area contributed by atoms with Crippen LogP contribution in [0.4, 0.5) is 38.4 Å². The van der Waals surface area contributed by atoms with Crippen LogP contribution >= 0.6 is 69.5 Å². The molecule has 4 aromatic heterocycles. The number of urea groups is 1. The van der Waals surface area contributed by atoms with Gasteiger partial charge in [-0.05, 0) is 99.9 Å². The van der Waals surface area contributed by atoms with E-state index in [2.05, 4.69) is 55.6 Å². The molecule has 0 bridgehead atoms. The summed E-state index contributed by atoms with van der Waals surface area (Å²) in [6.45, 7) is 10.4. The third kappa shape index (κ3) is 19.2. The minimum absolute atomic E-state index is 0.0605. The van der Waals surface area contributed by atoms with E-state index in [-0.39, 0.29) is 67.9 Å². The molecule has 0 saturated carbocycles. The number of carbonyl (C=O) groups excluding carboxylic acids is 4. The number of nitrogens with one attached hydrogen (secondary N) is 4. The molecular weight excluding hydrogens is 1230 g/mol. The molecule has 2 aromatic carbocycles. The van der Waals surface area contributed by atoms with Gasteiger partial charge in [-0.15, -0.1) is 11.8 Å². The number of benzene rings is 2. The highest BCUT2D eigenvalue weighted by Gasteiger charge is 2.32. The molecule has 0 spiro atoms. The third-order valence-electron chi connectivity index (χ3n) is 10.7. The first kappa shape index (κ1) is 66.7. The number of fused-ring (bicyclic) bond motifs is 2. The lowest BCUT2D eigenvalue weighted by molar-refractivity contribution is -0.137. The van der Waals surface area contributed by atoms with Gasteiger partial charge in [0.15, 0.2) is 9.86 Å². The third-order valence-corrected chi connectivity index (χ3v) is 14.9. The molecule has 26 nitrogen and oxygen atoms in total. The number of sulfonamides is 1. The largest absolute Gasteiger partial charge is 0.489 e. The van der Waals surface area contributed by atoms with E-state index in [0.717, 1.165) is 54.2 Å². The van der Waals surface area contributed by atoms with E-state index in [4.69, 9.17) is 60.6 Å². The van der Waals surface area contributed by atoms with Gasteiger partial charge in [-0.2, -0.15) is 33.3 Å². The molecule has 2 aliphatic rings. The van der Waals surface area contributed by atoms with Crippen molar-refractivity contribution in [2.45, 2.75) is 80.5 Å². The van der Waals surface area contributed by atoms with Gasteiger partial charge in [0.1, 0.15) is 23.9 Å². The van der Waals surface area contributed by atoms with E-state index in [9.17, 15) is 36.8 Å². The molecule has 1 atom stereocenters. The maximum absolute atomic E-state index is 14.3. The summed E-state index contributed by atoms with van der Waals surface area (Å²) < 4.78 is 64.5. The van der Waals surface area contributed by atoms with Crippen molar-refractivity contribution in [3.05, 3.63) is 96.9 Å². The van der Waals surface area contributed by atoms with Crippen molar-refractivity contribution in [2.24, 2.45) is 4.99 Å². The standard InChI is InChI=1S/C15H15ClFN3O3S2.C15H18N6O6S.C11H11Cl2NO2.C8H14ClN5/c1-23-13(21)8-24-12-7-11(10(17)6-9(12)16)18-14-19-4-2-3-5-20(19)15(22)25-14;1-21(2)13(22)9-6-5-7-16-12(9)28(24,25)20-15(23)19-14-17-10(26-3)8-11(18-14)27-4;1-7-6-16-9-5-3-2-4-8(9)14(7)11(15)10(12)13;1-4-10-7-12-6(9)13-8(14-7)11-5(2)3/h6-7H,2-5,8H2,1H3;5-8H,1-4H3,(H2,17,18,19,20,23);2-5,7,10H,6H2,1H3;5H,4H2,1-3H3,(H2,10,11,12,13,14)/b18-14-;;;. The number of para-hydroxylation sites is 2. The van der Waals surface area contributed by atoms with Crippen LogP contribution in [-0.4, -0.2) is 148 Å². The minimum atomic E-state index is -4.46. The van der Waals surface area contributed by atoms with Crippen LogP contribution in [0.25, 0.3) is 0 Å². The van der Waals surface area contributed by atoms with Crippen LogP contribution in [0.3, 0.4) is 0 Å². The second-order valence-corrected chi connectivity index (χ2v) is 22.8. The van der Waals surface area contributed by atoms with Crippen LogP contribution in [0, 0.1) is 5.82 Å². The van der Waals surface area contributed by atoms with Crippen LogP contribution in [-0.2, 0) is 37.4 Å². The second-order valence-electron chi connectivity index (χ2n) is 17.4. The average Bonchev–Trinajstić information content (AvgIpc) is 4.08. The second kappa shape index (κ2) is 31.5. The molecule has 2 aliphatic heterocycles. The fourth-order valence-corrected chi connectivity index (χ4v) is 10.5. The summed E-state index contributed by atoms with van der Waals surface area (Å²) >= 11 is 25.2. The summed E-state index contributed by atoms with van der Waals surface area (Å²) in [5.41, 5.74) is 0.615. The first-order chi connectivity index (χ1) is 39.4. The molecule has 83 heavy (non-hydrogen) atoms. The first-order valence-electron chi connectivity index (χ1n) is 24.7. The zero-order chi connectivity index (χ0) is 61.1. The van der Waals surface area contributed by atoms with E-state index < -0.39 is 43.6 Å². The van der Waals surface area contributed by atoms with Gasteiger partial charge in [0.05, 0.1) is 55.5 Å². The van der Waals surface area contributed by atoms with Crippen molar-refractivity contribution >= 4 is 133 Å². The average molecular weight is 1290 g/mol. The number of ether oxygens (including phenoxy) is 4. The zero-order valence-electron chi connectivity index (χ0n) is 46.0. The maximum Gasteiger partial charge on any atom is 0.335 e. The molecule has 6 aromatic rings. The molecule has 0 saturated heterocycles. The predicted octanol–water partition coefficient (Wildman–Crippen LogP) is 7.28. The van der Waals surface area contributed by atoms with Gasteiger partial charge in [-0.25, -0.2) is 28.6 Å². The number of carbonyl (C=O) groups is 4. The number of nitrogens with zero attached hydrogens (tertiary/aromatic N) is 11. The summed E-state index contributed by atoms with van der Waals surface area (Å²) in [7, 11) is 2.45. The lowest BCUT2D eigenvalue weighted by Gasteiger charge is -2.35. The zero-order valence-corrected chi connectivity index (χ0v) is 51.5. The van der Waals surface area contributed by atoms with Crippen LogP contribution in [0.5, 0.6) is 17.5 Å². The molecule has 34 heteroatoms. The van der Waals surface area contributed by atoms with Gasteiger partial charge in [0, 0.05) is 50.9 Å². The van der Waals surface area contributed by atoms with Gasteiger partial charge in [-0.1, -0.05) is 46.9 Å². The normalized spacial score (nSPS) is 13.4. The summed E-state index contributed by atoms with van der Waals surface area (Å²) in [5, 5.41) is 7.99. The Labute approximate surface area is 504 Å². The molecule has 0 fully saturated rings. The maximum atomic E-state index is 14.3. The molecule has 448 valence electrons. The molecule has 4 N–H and O–H groups in total. The number of alkyl halides is 2. The Hall–Kier alpha value is -7.09. The summed E-state index contributed by atoms with van der Waals surface area (Å²) in [6, 6.07) is 13.1. The van der Waals surface area contributed by atoms with Crippen molar-refractivity contribution in [3.8, 4) is 17.5 Å². The number of hydrogen-bond donors (Lipinski definition) is 4. The number of esters is 1. The summed E-state index contributed by atoms with van der Waals surface area (Å²) in [5.74, 6) is -0.222. The quantitative estimate of drug-likeness (QED) is 0.0446. The number of rotatable bonds is 15. The van der Waals surface area contributed by atoms with Crippen molar-refractivity contribution in [1.82, 2.24) is 48.9 Å². The summed E-state index contributed by atoms with van der Waals surface area (Å²) in [4.78, 5) is 89.8. The Morgan fingerprint density at radius 3 is 2.22 bits per heavy atom. The lowest BCUT2D eigenvalue weighted by atomic mass is 10.1. The fourth-order valence-electron chi connectivity index (χ4n) is 7.06.